The van der Waals surface area contributed by atoms with Gasteiger partial charge in [0.15, 0.2) is 0 Å². The number of nitrogens with zero attached hydrogens (tertiary/aromatic N) is 1. The Balaban J connectivity index is 2.60. The van der Waals surface area contributed by atoms with Crippen LogP contribution in [0.1, 0.15) is 26.5 Å². The molecule has 16 heavy (non-hydrogen) atoms. The highest BCUT2D eigenvalue weighted by molar-refractivity contribution is 5.69. The zero-order valence-corrected chi connectivity index (χ0v) is 10.4. The average Bonchev–Trinajstić information content (AvgIpc) is 2.61. The predicted octanol–water partition coefficient (Wildman–Crippen LogP) is 1.55. The molecule has 0 aliphatic rings. The molecule has 0 atom stereocenters. The third kappa shape index (κ3) is 4.06. The maximum Gasteiger partial charge on any atom is 0.325 e. The van der Waals surface area contributed by atoms with E-state index in [9.17, 15) is 4.79 Å². The normalized spacial score (nSPS) is 11.5. The Hall–Kier alpha value is -1.29. The first-order valence-corrected chi connectivity index (χ1v) is 5.38. The van der Waals surface area contributed by atoms with Crippen LogP contribution in [0.2, 0.25) is 0 Å². The van der Waals surface area contributed by atoms with Gasteiger partial charge in [-0.05, 0) is 32.9 Å². The van der Waals surface area contributed by atoms with Crippen molar-refractivity contribution >= 4 is 5.97 Å². The number of carbonyl (C=O) groups is 1. The fourth-order valence-corrected chi connectivity index (χ4v) is 1.32. The first-order chi connectivity index (χ1) is 7.42. The Morgan fingerprint density at radius 3 is 2.75 bits per heavy atom. The smallest absolute Gasteiger partial charge is 0.325 e. The topological polar surface area (TPSA) is 43.3 Å². The lowest BCUT2D eigenvalue weighted by Crippen LogP contribution is -2.35. The zero-order chi connectivity index (χ0) is 12.2. The number of hydrogen-bond donors (Lipinski definition) is 1. The van der Waals surface area contributed by atoms with Crippen LogP contribution in [0.3, 0.4) is 0 Å². The van der Waals surface area contributed by atoms with Crippen molar-refractivity contribution in [1.29, 1.82) is 0 Å². The molecule has 0 saturated heterocycles. The van der Waals surface area contributed by atoms with Crippen LogP contribution in [0, 0.1) is 0 Å². The van der Waals surface area contributed by atoms with E-state index in [2.05, 4.69) is 30.8 Å². The largest absolute Gasteiger partial charge is 0.468 e. The van der Waals surface area contributed by atoms with Crippen LogP contribution in [-0.2, 0) is 22.6 Å². The minimum Gasteiger partial charge on any atom is -0.468 e. The number of esters is 1. The van der Waals surface area contributed by atoms with Gasteiger partial charge in [0, 0.05) is 24.0 Å². The fraction of sp³-hybridized carbons (Fsp3) is 0.583. The van der Waals surface area contributed by atoms with Gasteiger partial charge in [-0.25, -0.2) is 0 Å². The molecule has 0 amide bonds. The molecular weight excluding hydrogens is 204 g/mol. The van der Waals surface area contributed by atoms with Gasteiger partial charge in [-0.15, -0.1) is 0 Å². The van der Waals surface area contributed by atoms with E-state index in [-0.39, 0.29) is 18.1 Å². The number of methoxy groups -OCH3 is 1. The molecule has 0 saturated carbocycles. The van der Waals surface area contributed by atoms with Crippen LogP contribution in [0.15, 0.2) is 18.3 Å². The van der Waals surface area contributed by atoms with E-state index in [4.69, 9.17) is 0 Å². The number of nitrogens with one attached hydrogen (secondary N) is 1. The van der Waals surface area contributed by atoms with Crippen molar-refractivity contribution in [2.75, 3.05) is 7.11 Å². The van der Waals surface area contributed by atoms with Gasteiger partial charge in [0.25, 0.3) is 0 Å². The van der Waals surface area contributed by atoms with Gasteiger partial charge < -0.3 is 14.6 Å². The number of ether oxygens (including phenoxy) is 1. The number of rotatable bonds is 4. The van der Waals surface area contributed by atoms with E-state index in [0.29, 0.717) is 0 Å². The van der Waals surface area contributed by atoms with Crippen LogP contribution in [0.4, 0.5) is 0 Å². The Labute approximate surface area is 96.6 Å². The zero-order valence-electron chi connectivity index (χ0n) is 10.4. The minimum atomic E-state index is -0.229. The Morgan fingerprint density at radius 1 is 1.50 bits per heavy atom. The van der Waals surface area contributed by atoms with E-state index in [1.165, 1.54) is 7.11 Å². The summed E-state index contributed by atoms with van der Waals surface area (Å²) in [6.07, 6.45) is 1.89. The summed E-state index contributed by atoms with van der Waals surface area (Å²) in [7, 11) is 1.40. The molecule has 0 radical (unpaired) electrons. The van der Waals surface area contributed by atoms with Gasteiger partial charge in [0.05, 0.1) is 7.11 Å². The lowest BCUT2D eigenvalue weighted by molar-refractivity contribution is -0.141. The maximum absolute atomic E-state index is 11.2. The van der Waals surface area contributed by atoms with E-state index < -0.39 is 0 Å². The highest BCUT2D eigenvalue weighted by atomic mass is 16.5. The molecule has 90 valence electrons. The van der Waals surface area contributed by atoms with Crippen molar-refractivity contribution in [1.82, 2.24) is 9.88 Å². The van der Waals surface area contributed by atoms with Crippen LogP contribution < -0.4 is 5.32 Å². The van der Waals surface area contributed by atoms with Gasteiger partial charge in [-0.2, -0.15) is 0 Å². The second-order valence-electron chi connectivity index (χ2n) is 4.81. The maximum atomic E-state index is 11.2. The first kappa shape index (κ1) is 12.8. The van der Waals surface area contributed by atoms with Gasteiger partial charge in [0.1, 0.15) is 6.54 Å². The molecule has 0 aromatic carbocycles. The summed E-state index contributed by atoms with van der Waals surface area (Å²) in [6.45, 7) is 7.35. The van der Waals surface area contributed by atoms with Crippen molar-refractivity contribution < 1.29 is 9.53 Å². The van der Waals surface area contributed by atoms with E-state index in [1.807, 2.05) is 22.9 Å². The standard InChI is InChI=1S/C12H20N2O2/c1-12(2,3)13-8-10-6-5-7-14(10)9-11(15)16-4/h5-7,13H,8-9H2,1-4H3. The molecule has 0 unspecified atom stereocenters. The average molecular weight is 224 g/mol. The molecule has 1 aromatic heterocycles. The van der Waals surface area contributed by atoms with Gasteiger partial charge in [0.2, 0.25) is 0 Å². The molecule has 0 fully saturated rings. The monoisotopic (exact) mass is 224 g/mol. The van der Waals surface area contributed by atoms with Crippen molar-refractivity contribution in [2.24, 2.45) is 0 Å². The molecule has 0 aliphatic carbocycles. The summed E-state index contributed by atoms with van der Waals surface area (Å²) in [6, 6.07) is 3.93. The molecule has 0 spiro atoms. The van der Waals surface area contributed by atoms with Gasteiger partial charge in [-0.1, -0.05) is 0 Å². The second kappa shape index (κ2) is 5.16. The highest BCUT2D eigenvalue weighted by Gasteiger charge is 2.11. The van der Waals surface area contributed by atoms with Crippen LogP contribution >= 0.6 is 0 Å². The summed E-state index contributed by atoms with van der Waals surface area (Å²) < 4.78 is 6.54. The van der Waals surface area contributed by atoms with Crippen molar-refractivity contribution in [3.8, 4) is 0 Å². The lowest BCUT2D eigenvalue weighted by Gasteiger charge is -2.21. The molecule has 1 N–H and O–H groups in total. The second-order valence-corrected chi connectivity index (χ2v) is 4.81. The van der Waals surface area contributed by atoms with Gasteiger partial charge >= 0.3 is 5.97 Å². The third-order valence-electron chi connectivity index (χ3n) is 2.25. The minimum absolute atomic E-state index is 0.0698. The summed E-state index contributed by atoms with van der Waals surface area (Å²) in [5.74, 6) is -0.229. The number of carbonyl (C=O) groups excluding carboxylic acids is 1. The summed E-state index contributed by atoms with van der Waals surface area (Å²) in [5, 5.41) is 3.38. The van der Waals surface area contributed by atoms with Crippen LogP contribution in [0.25, 0.3) is 0 Å². The Morgan fingerprint density at radius 2 is 2.19 bits per heavy atom. The van der Waals surface area contributed by atoms with E-state index in [1.54, 1.807) is 0 Å². The molecular formula is C12H20N2O2. The molecule has 1 heterocycles. The molecule has 4 heteroatoms. The quantitative estimate of drug-likeness (QED) is 0.789. The Bertz CT molecular complexity index is 350. The van der Waals surface area contributed by atoms with E-state index >= 15 is 0 Å². The van der Waals surface area contributed by atoms with Crippen molar-refractivity contribution in [3.63, 3.8) is 0 Å². The van der Waals surface area contributed by atoms with Crippen molar-refractivity contribution in [2.45, 2.75) is 39.4 Å². The third-order valence-corrected chi connectivity index (χ3v) is 2.25. The first-order valence-electron chi connectivity index (χ1n) is 5.38. The van der Waals surface area contributed by atoms with E-state index in [0.717, 1.165) is 12.2 Å². The number of aromatic nitrogens is 1. The van der Waals surface area contributed by atoms with Gasteiger partial charge in [-0.3, -0.25) is 4.79 Å². The van der Waals surface area contributed by atoms with Crippen molar-refractivity contribution in [3.05, 3.63) is 24.0 Å². The number of hydrogen-bond acceptors (Lipinski definition) is 3. The summed E-state index contributed by atoms with van der Waals surface area (Å²) in [5.41, 5.74) is 1.15. The van der Waals surface area contributed by atoms with Crippen LogP contribution in [-0.4, -0.2) is 23.2 Å². The highest BCUT2D eigenvalue weighted by Crippen LogP contribution is 2.06. The predicted molar refractivity (Wildman–Crippen MR) is 63.0 cm³/mol. The fourth-order valence-electron chi connectivity index (χ4n) is 1.32. The SMILES string of the molecule is COC(=O)Cn1cccc1CNC(C)(C)C. The molecule has 4 nitrogen and oxygen atoms in total. The molecule has 1 rings (SSSR count). The lowest BCUT2D eigenvalue weighted by atomic mass is 10.1. The summed E-state index contributed by atoms with van der Waals surface area (Å²) >= 11 is 0. The molecule has 0 bridgehead atoms. The summed E-state index contributed by atoms with van der Waals surface area (Å²) in [4.78, 5) is 11.2. The van der Waals surface area contributed by atoms with Crippen LogP contribution in [0.5, 0.6) is 0 Å². The molecule has 1 aromatic rings. The Kier molecular flexibility index (Phi) is 4.12. The molecule has 0 aliphatic heterocycles.